The summed E-state index contributed by atoms with van der Waals surface area (Å²) in [5.74, 6) is -0.592. The van der Waals surface area contributed by atoms with Gasteiger partial charge in [-0.25, -0.2) is 9.69 Å². The molecule has 176 valence electrons. The summed E-state index contributed by atoms with van der Waals surface area (Å²) in [6.07, 6.45) is -4.40. The van der Waals surface area contributed by atoms with Crippen molar-refractivity contribution >= 4 is 28.5 Å². The fraction of sp³-hybridized carbons (Fsp3) is 0.154. The molecule has 3 aromatic carbocycles. The van der Waals surface area contributed by atoms with Crippen LogP contribution in [-0.2, 0) is 17.4 Å². The number of halogens is 3. The third-order valence-corrected chi connectivity index (χ3v) is 6.67. The molecular weight excluding hydrogens is 459 g/mol. The summed E-state index contributed by atoms with van der Waals surface area (Å²) in [7, 11) is 0. The second-order valence-electron chi connectivity index (χ2n) is 8.69. The first-order chi connectivity index (χ1) is 16.7. The van der Waals surface area contributed by atoms with Crippen molar-refractivity contribution < 1.29 is 27.9 Å². The molecule has 2 aliphatic heterocycles. The van der Waals surface area contributed by atoms with Crippen LogP contribution in [0.5, 0.6) is 5.75 Å². The molecule has 4 aromatic rings. The third kappa shape index (κ3) is 3.18. The lowest BCUT2D eigenvalue weighted by Gasteiger charge is -2.36. The number of carbonyl (C=O) groups is 2. The van der Waals surface area contributed by atoms with Crippen molar-refractivity contribution in [1.29, 1.82) is 0 Å². The number of fused-ring (bicyclic) bond motifs is 4. The molecule has 0 unspecified atom stereocenters. The van der Waals surface area contributed by atoms with E-state index in [9.17, 15) is 27.9 Å². The van der Waals surface area contributed by atoms with Crippen molar-refractivity contribution in [2.45, 2.75) is 24.7 Å². The minimum atomic E-state index is -4.62. The number of aromatic hydroxyl groups is 1. The average molecular weight is 477 g/mol. The number of hydrogen-bond donors (Lipinski definition) is 2. The maximum absolute atomic E-state index is 13.7. The van der Waals surface area contributed by atoms with Gasteiger partial charge in [-0.05, 0) is 47.5 Å². The van der Waals surface area contributed by atoms with Crippen molar-refractivity contribution in [3.63, 3.8) is 0 Å². The van der Waals surface area contributed by atoms with Crippen LogP contribution in [-0.4, -0.2) is 33.0 Å². The van der Waals surface area contributed by atoms with Crippen LogP contribution in [0.25, 0.3) is 10.9 Å². The number of carbonyl (C=O) groups excluding carboxylic acids is 2. The topological polar surface area (TPSA) is 76.6 Å². The van der Waals surface area contributed by atoms with E-state index in [1.165, 1.54) is 29.2 Å². The first-order valence-corrected chi connectivity index (χ1v) is 11.0. The Morgan fingerprint density at radius 2 is 1.71 bits per heavy atom. The van der Waals surface area contributed by atoms with Crippen LogP contribution in [0.3, 0.4) is 0 Å². The van der Waals surface area contributed by atoms with Gasteiger partial charge in [0.1, 0.15) is 17.8 Å². The lowest BCUT2D eigenvalue weighted by molar-refractivity contribution is -0.137. The Hall–Kier alpha value is -4.27. The zero-order valence-electron chi connectivity index (χ0n) is 18.1. The monoisotopic (exact) mass is 477 g/mol. The fourth-order valence-corrected chi connectivity index (χ4v) is 5.17. The highest BCUT2D eigenvalue weighted by Crippen LogP contribution is 2.45. The molecule has 0 spiro atoms. The number of amides is 3. The predicted molar refractivity (Wildman–Crippen MR) is 122 cm³/mol. The molecule has 1 saturated heterocycles. The van der Waals surface area contributed by atoms with E-state index in [4.69, 9.17) is 0 Å². The molecule has 0 radical (unpaired) electrons. The van der Waals surface area contributed by atoms with Crippen LogP contribution >= 0.6 is 0 Å². The Morgan fingerprint density at radius 3 is 2.49 bits per heavy atom. The number of phenolic OH excluding ortho intramolecular Hbond substituents is 1. The SMILES string of the molecule is O=C1[C@H]2Cc3c([nH]c4ccccc34)[C@@H](c3cccc(O)c3)N2C(=O)N1c1cccc(C(F)(F)F)c1. The summed E-state index contributed by atoms with van der Waals surface area (Å²) in [5.41, 5.74) is 1.92. The quantitative estimate of drug-likeness (QED) is 0.381. The van der Waals surface area contributed by atoms with E-state index in [2.05, 4.69) is 4.98 Å². The first-order valence-electron chi connectivity index (χ1n) is 11.0. The van der Waals surface area contributed by atoms with Gasteiger partial charge in [0.25, 0.3) is 5.91 Å². The number of hydrogen-bond acceptors (Lipinski definition) is 3. The summed E-state index contributed by atoms with van der Waals surface area (Å²) < 4.78 is 40.0. The van der Waals surface area contributed by atoms with Gasteiger partial charge in [0.05, 0.1) is 11.3 Å². The lowest BCUT2D eigenvalue weighted by atomic mass is 9.89. The molecule has 1 aromatic heterocycles. The van der Waals surface area contributed by atoms with Crippen molar-refractivity contribution in [2.75, 3.05) is 4.90 Å². The Morgan fingerprint density at radius 1 is 0.943 bits per heavy atom. The molecule has 0 bridgehead atoms. The average Bonchev–Trinajstić information content (AvgIpc) is 3.32. The van der Waals surface area contributed by atoms with E-state index in [0.29, 0.717) is 11.3 Å². The maximum Gasteiger partial charge on any atom is 0.416 e. The smallest absolute Gasteiger partial charge is 0.416 e. The second kappa shape index (κ2) is 7.36. The Balaban J connectivity index is 1.52. The molecule has 2 atom stereocenters. The number of nitrogens with zero attached hydrogens (tertiary/aromatic N) is 2. The molecule has 2 aliphatic rings. The van der Waals surface area contributed by atoms with Gasteiger partial charge in [-0.3, -0.25) is 9.69 Å². The number of aromatic nitrogens is 1. The largest absolute Gasteiger partial charge is 0.508 e. The van der Waals surface area contributed by atoms with E-state index >= 15 is 0 Å². The number of phenols is 1. The highest BCUT2D eigenvalue weighted by Gasteiger charge is 2.53. The van der Waals surface area contributed by atoms with Crippen molar-refractivity contribution in [2.24, 2.45) is 0 Å². The zero-order valence-corrected chi connectivity index (χ0v) is 18.1. The van der Waals surface area contributed by atoms with E-state index in [-0.39, 0.29) is 17.9 Å². The minimum Gasteiger partial charge on any atom is -0.508 e. The van der Waals surface area contributed by atoms with Crippen molar-refractivity contribution in [3.8, 4) is 5.75 Å². The summed E-state index contributed by atoms with van der Waals surface area (Å²) in [5, 5.41) is 11.0. The number of para-hydroxylation sites is 1. The predicted octanol–water partition coefficient (Wildman–Crippen LogP) is 5.38. The highest BCUT2D eigenvalue weighted by atomic mass is 19.4. The number of H-pyrrole nitrogens is 1. The van der Waals surface area contributed by atoms with E-state index < -0.39 is 35.8 Å². The number of urea groups is 1. The van der Waals surface area contributed by atoms with Crippen LogP contribution in [0.1, 0.15) is 28.4 Å². The van der Waals surface area contributed by atoms with E-state index in [1.54, 1.807) is 12.1 Å². The number of benzene rings is 3. The molecule has 0 aliphatic carbocycles. The van der Waals surface area contributed by atoms with Gasteiger partial charge in [0.2, 0.25) is 0 Å². The van der Waals surface area contributed by atoms with Crippen LogP contribution in [0.15, 0.2) is 72.8 Å². The van der Waals surface area contributed by atoms with Gasteiger partial charge >= 0.3 is 12.2 Å². The van der Waals surface area contributed by atoms with Crippen molar-refractivity contribution in [3.05, 3.63) is 95.2 Å². The van der Waals surface area contributed by atoms with Crippen LogP contribution in [0, 0.1) is 0 Å². The van der Waals surface area contributed by atoms with E-state index in [1.807, 2.05) is 24.3 Å². The number of alkyl halides is 3. The highest BCUT2D eigenvalue weighted by molar-refractivity contribution is 6.22. The summed E-state index contributed by atoms with van der Waals surface area (Å²) in [6, 6.07) is 15.8. The molecule has 6 nitrogen and oxygen atoms in total. The molecular formula is C26H18F3N3O3. The van der Waals surface area contributed by atoms with Gasteiger partial charge in [0.15, 0.2) is 0 Å². The van der Waals surface area contributed by atoms with Gasteiger partial charge in [0, 0.05) is 23.0 Å². The maximum atomic E-state index is 13.7. The van der Waals surface area contributed by atoms with Gasteiger partial charge < -0.3 is 10.1 Å². The van der Waals surface area contributed by atoms with Crippen LogP contribution in [0.4, 0.5) is 23.7 Å². The standard InChI is InChI=1S/C26H18F3N3O3/c27-26(28,29)15-6-4-7-16(12-15)31-24(34)21-13-19-18-9-1-2-10-20(18)30-22(19)23(32(21)25(31)35)14-5-3-8-17(33)11-14/h1-12,21,23,30,33H,13H2/t21-,23-/m1/s1. The Labute approximate surface area is 197 Å². The normalized spacial score (nSPS) is 19.9. The van der Waals surface area contributed by atoms with Crippen LogP contribution in [0.2, 0.25) is 0 Å². The summed E-state index contributed by atoms with van der Waals surface area (Å²) in [6.45, 7) is 0. The van der Waals surface area contributed by atoms with E-state index in [0.717, 1.165) is 33.5 Å². The van der Waals surface area contributed by atoms with Crippen LogP contribution < -0.4 is 4.90 Å². The molecule has 2 N–H and O–H groups in total. The molecule has 9 heteroatoms. The van der Waals surface area contributed by atoms with Crippen molar-refractivity contribution in [1.82, 2.24) is 9.88 Å². The van der Waals surface area contributed by atoms with Gasteiger partial charge in [-0.15, -0.1) is 0 Å². The van der Waals surface area contributed by atoms with Gasteiger partial charge in [-0.1, -0.05) is 36.4 Å². The molecule has 1 fully saturated rings. The summed E-state index contributed by atoms with van der Waals surface area (Å²) in [4.78, 5) is 32.8. The Bertz CT molecular complexity index is 1510. The number of nitrogens with one attached hydrogen (secondary N) is 1. The number of imide groups is 1. The molecule has 35 heavy (non-hydrogen) atoms. The number of rotatable bonds is 2. The second-order valence-corrected chi connectivity index (χ2v) is 8.69. The summed E-state index contributed by atoms with van der Waals surface area (Å²) >= 11 is 0. The molecule has 3 heterocycles. The molecule has 3 amide bonds. The third-order valence-electron chi connectivity index (χ3n) is 6.67. The lowest BCUT2D eigenvalue weighted by Crippen LogP contribution is -2.44. The minimum absolute atomic E-state index is 0.00464. The fourth-order valence-electron chi connectivity index (χ4n) is 5.17. The zero-order chi connectivity index (χ0) is 24.5. The van der Waals surface area contributed by atoms with Gasteiger partial charge in [-0.2, -0.15) is 13.2 Å². The first kappa shape index (κ1) is 21.3. The number of anilines is 1. The molecule has 0 saturated carbocycles. The number of aromatic amines is 1. The molecule has 6 rings (SSSR count). The Kier molecular flexibility index (Phi) is 4.48.